The molecule has 2 heterocycles. The summed E-state index contributed by atoms with van der Waals surface area (Å²) in [4.78, 5) is 36.9. The first kappa shape index (κ1) is 20.4. The number of para-hydroxylation sites is 1. The normalized spacial score (nSPS) is 13.6. The Hall–Kier alpha value is -2.88. The molecule has 0 atom stereocenters. The molecule has 2 aromatic heterocycles. The maximum atomic E-state index is 13.0. The second-order valence-electron chi connectivity index (χ2n) is 7.38. The molecule has 1 saturated carbocycles. The number of imide groups is 1. The number of hydrogen-bond acceptors (Lipinski definition) is 6. The van der Waals surface area contributed by atoms with Crippen LogP contribution in [0.5, 0.6) is 0 Å². The van der Waals surface area contributed by atoms with E-state index in [2.05, 4.69) is 27.8 Å². The fraction of sp³-hybridized carbons (Fsp3) is 0.450. The minimum absolute atomic E-state index is 0.0160. The van der Waals surface area contributed by atoms with Gasteiger partial charge in [-0.15, -0.1) is 10.2 Å². The van der Waals surface area contributed by atoms with Crippen molar-refractivity contribution in [1.29, 1.82) is 0 Å². The van der Waals surface area contributed by atoms with E-state index >= 15 is 0 Å². The van der Waals surface area contributed by atoms with Gasteiger partial charge >= 0.3 is 6.03 Å². The van der Waals surface area contributed by atoms with E-state index in [1.807, 2.05) is 22.6 Å². The second-order valence-corrected chi connectivity index (χ2v) is 8.33. The number of thioether (sulfide) groups is 1. The molecule has 158 valence electrons. The molecule has 1 aliphatic rings. The average molecular weight is 429 g/mol. The number of hydrogen-bond donors (Lipinski definition) is 2. The van der Waals surface area contributed by atoms with E-state index in [-0.39, 0.29) is 17.4 Å². The number of aryl methyl sites for hydroxylation is 1. The fourth-order valence-corrected chi connectivity index (χ4v) is 4.03. The molecule has 0 radical (unpaired) electrons. The molecule has 1 aromatic carbocycles. The monoisotopic (exact) mass is 428 g/mol. The molecular weight excluding hydrogens is 404 g/mol. The molecule has 2 N–H and O–H groups in total. The quantitative estimate of drug-likeness (QED) is 0.421. The van der Waals surface area contributed by atoms with E-state index in [0.717, 1.165) is 32.1 Å². The van der Waals surface area contributed by atoms with E-state index in [4.69, 9.17) is 0 Å². The van der Waals surface area contributed by atoms with Gasteiger partial charge in [0.25, 0.3) is 5.56 Å². The number of carbonyl (C=O) groups is 2. The Balaban J connectivity index is 1.60. The molecule has 1 aliphatic carbocycles. The Morgan fingerprint density at radius 2 is 2.00 bits per heavy atom. The van der Waals surface area contributed by atoms with Gasteiger partial charge in [0.1, 0.15) is 0 Å². The van der Waals surface area contributed by atoms with Gasteiger partial charge < -0.3 is 5.32 Å². The Kier molecular flexibility index (Phi) is 6.03. The third kappa shape index (κ3) is 4.33. The van der Waals surface area contributed by atoms with Crippen molar-refractivity contribution in [2.24, 2.45) is 0 Å². The number of benzene rings is 1. The molecule has 10 heteroatoms. The molecule has 1 fully saturated rings. The summed E-state index contributed by atoms with van der Waals surface area (Å²) in [5, 5.41) is 14.6. The number of fused-ring (bicyclic) bond motifs is 3. The lowest BCUT2D eigenvalue weighted by Crippen LogP contribution is -2.41. The SMILES string of the molecule is CCCCCn1c(=O)c2ccccc2n2c(SCC(=O)NC(=O)NC3CC3)nnc12. The van der Waals surface area contributed by atoms with Crippen LogP contribution in [-0.2, 0) is 11.3 Å². The third-order valence-electron chi connectivity index (χ3n) is 4.96. The van der Waals surface area contributed by atoms with Crippen LogP contribution < -0.4 is 16.2 Å². The van der Waals surface area contributed by atoms with Gasteiger partial charge in [-0.3, -0.25) is 23.9 Å². The zero-order chi connectivity index (χ0) is 21.1. The summed E-state index contributed by atoms with van der Waals surface area (Å²) >= 11 is 1.18. The predicted molar refractivity (Wildman–Crippen MR) is 115 cm³/mol. The number of rotatable bonds is 8. The summed E-state index contributed by atoms with van der Waals surface area (Å²) in [5.41, 5.74) is 0.608. The van der Waals surface area contributed by atoms with Crippen LogP contribution in [0.25, 0.3) is 16.7 Å². The molecule has 3 aromatic rings. The number of carbonyl (C=O) groups excluding carboxylic acids is 2. The molecule has 30 heavy (non-hydrogen) atoms. The number of unbranched alkanes of at least 4 members (excludes halogenated alkanes) is 2. The van der Waals surface area contributed by atoms with Gasteiger partial charge in [-0.2, -0.15) is 0 Å². The molecule has 0 spiro atoms. The number of urea groups is 1. The van der Waals surface area contributed by atoms with Crippen molar-refractivity contribution in [3.05, 3.63) is 34.6 Å². The highest BCUT2D eigenvalue weighted by Gasteiger charge is 2.24. The van der Waals surface area contributed by atoms with E-state index in [1.165, 1.54) is 11.8 Å². The first-order valence-corrected chi connectivity index (χ1v) is 11.2. The van der Waals surface area contributed by atoms with Crippen LogP contribution in [-0.4, -0.2) is 42.9 Å². The Morgan fingerprint density at radius 1 is 1.20 bits per heavy atom. The summed E-state index contributed by atoms with van der Waals surface area (Å²) in [6, 6.07) is 7.03. The van der Waals surface area contributed by atoms with Crippen molar-refractivity contribution in [3.8, 4) is 0 Å². The first-order valence-electron chi connectivity index (χ1n) is 10.2. The van der Waals surface area contributed by atoms with Crippen LogP contribution >= 0.6 is 11.8 Å². The van der Waals surface area contributed by atoms with Gasteiger partial charge in [0.05, 0.1) is 16.7 Å². The van der Waals surface area contributed by atoms with Crippen LogP contribution in [0, 0.1) is 0 Å². The molecule has 0 unspecified atom stereocenters. The number of aromatic nitrogens is 4. The van der Waals surface area contributed by atoms with Gasteiger partial charge in [-0.05, 0) is 31.4 Å². The molecule has 0 bridgehead atoms. The lowest BCUT2D eigenvalue weighted by atomic mass is 10.2. The van der Waals surface area contributed by atoms with E-state index < -0.39 is 11.9 Å². The van der Waals surface area contributed by atoms with Crippen LogP contribution in [0.4, 0.5) is 4.79 Å². The average Bonchev–Trinajstić information content (AvgIpc) is 3.44. The molecule has 9 nitrogen and oxygen atoms in total. The van der Waals surface area contributed by atoms with Gasteiger partial charge in [-0.1, -0.05) is 43.7 Å². The minimum Gasteiger partial charge on any atom is -0.335 e. The molecule has 0 saturated heterocycles. The van der Waals surface area contributed by atoms with Gasteiger partial charge in [0.15, 0.2) is 5.16 Å². The van der Waals surface area contributed by atoms with Crippen LogP contribution in [0.3, 0.4) is 0 Å². The summed E-state index contributed by atoms with van der Waals surface area (Å²) in [6.45, 7) is 2.67. The summed E-state index contributed by atoms with van der Waals surface area (Å²) in [6.07, 6.45) is 4.85. The molecule has 0 aliphatic heterocycles. The van der Waals surface area contributed by atoms with Crippen LogP contribution in [0.15, 0.2) is 34.2 Å². The van der Waals surface area contributed by atoms with Crippen molar-refractivity contribution in [2.75, 3.05) is 5.75 Å². The maximum Gasteiger partial charge on any atom is 0.321 e. The topological polar surface area (TPSA) is 110 Å². The highest BCUT2D eigenvalue weighted by atomic mass is 32.2. The Bertz CT molecular complexity index is 1150. The second kappa shape index (κ2) is 8.86. The van der Waals surface area contributed by atoms with Crippen molar-refractivity contribution < 1.29 is 9.59 Å². The van der Waals surface area contributed by atoms with Gasteiger partial charge in [0, 0.05) is 12.6 Å². The molecule has 4 rings (SSSR count). The third-order valence-corrected chi connectivity index (χ3v) is 5.89. The zero-order valence-corrected chi connectivity index (χ0v) is 17.6. The molecule has 3 amide bonds. The largest absolute Gasteiger partial charge is 0.335 e. The Labute approximate surface area is 177 Å². The zero-order valence-electron chi connectivity index (χ0n) is 16.8. The summed E-state index contributed by atoms with van der Waals surface area (Å²) in [5.74, 6) is 0.0713. The highest BCUT2D eigenvalue weighted by Crippen LogP contribution is 2.22. The van der Waals surface area contributed by atoms with E-state index in [0.29, 0.717) is 28.4 Å². The van der Waals surface area contributed by atoms with Crippen molar-refractivity contribution in [1.82, 2.24) is 29.8 Å². The van der Waals surface area contributed by atoms with Crippen molar-refractivity contribution >= 4 is 40.4 Å². The number of amides is 3. The van der Waals surface area contributed by atoms with Crippen molar-refractivity contribution in [2.45, 2.75) is 56.8 Å². The number of nitrogens with one attached hydrogen (secondary N) is 2. The van der Waals surface area contributed by atoms with Gasteiger partial charge in [0.2, 0.25) is 11.7 Å². The standard InChI is InChI=1S/C20H24N6O3S/c1-2-3-6-11-25-17(28)14-7-4-5-8-15(14)26-19(25)23-24-20(26)30-12-16(27)22-18(29)21-13-9-10-13/h4-5,7-8,13H,2-3,6,9-12H2,1H3,(H2,21,22,27,29). The summed E-state index contributed by atoms with van der Waals surface area (Å²) < 4.78 is 3.46. The summed E-state index contributed by atoms with van der Waals surface area (Å²) in [7, 11) is 0. The number of nitrogens with zero attached hydrogens (tertiary/aromatic N) is 4. The molecular formula is C20H24N6O3S. The maximum absolute atomic E-state index is 13.0. The van der Waals surface area contributed by atoms with E-state index in [9.17, 15) is 14.4 Å². The van der Waals surface area contributed by atoms with Crippen LogP contribution in [0.2, 0.25) is 0 Å². The highest BCUT2D eigenvalue weighted by molar-refractivity contribution is 7.99. The van der Waals surface area contributed by atoms with Crippen molar-refractivity contribution in [3.63, 3.8) is 0 Å². The first-order chi connectivity index (χ1) is 14.6. The predicted octanol–water partition coefficient (Wildman–Crippen LogP) is 2.31. The van der Waals surface area contributed by atoms with E-state index in [1.54, 1.807) is 10.6 Å². The van der Waals surface area contributed by atoms with Gasteiger partial charge in [-0.25, -0.2) is 4.79 Å². The fourth-order valence-electron chi connectivity index (χ4n) is 3.29. The smallest absolute Gasteiger partial charge is 0.321 e. The minimum atomic E-state index is -0.468. The lowest BCUT2D eigenvalue weighted by molar-refractivity contribution is -0.117. The Morgan fingerprint density at radius 3 is 2.77 bits per heavy atom. The van der Waals surface area contributed by atoms with Crippen LogP contribution in [0.1, 0.15) is 39.0 Å². The lowest BCUT2D eigenvalue weighted by Gasteiger charge is -2.11.